The Labute approximate surface area is 160 Å². The lowest BCUT2D eigenvalue weighted by Gasteiger charge is -2.23. The molecule has 1 aromatic heterocycles. The Bertz CT molecular complexity index is 929. The van der Waals surface area contributed by atoms with Crippen molar-refractivity contribution in [3.05, 3.63) is 65.0 Å². The highest BCUT2D eigenvalue weighted by molar-refractivity contribution is 5.94. The molecule has 0 bridgehead atoms. The Kier molecular flexibility index (Phi) is 5.69. The zero-order valence-corrected chi connectivity index (χ0v) is 16.3. The molecule has 0 saturated carbocycles. The lowest BCUT2D eigenvalue weighted by Crippen LogP contribution is -2.31. The minimum atomic E-state index is 0.0567. The van der Waals surface area contributed by atoms with Gasteiger partial charge in [-0.3, -0.25) is 4.79 Å². The van der Waals surface area contributed by atoms with Crippen LogP contribution in [0.1, 0.15) is 35.9 Å². The average Bonchev–Trinajstić information content (AvgIpc) is 3.13. The molecule has 0 saturated heterocycles. The molecule has 0 atom stereocenters. The third kappa shape index (κ3) is 4.42. The van der Waals surface area contributed by atoms with Crippen LogP contribution in [-0.4, -0.2) is 22.6 Å². The predicted octanol–water partition coefficient (Wildman–Crippen LogP) is 4.65. The lowest BCUT2D eigenvalue weighted by atomic mass is 10.1. The first kappa shape index (κ1) is 18.8. The average molecular weight is 363 g/mol. The monoisotopic (exact) mass is 363 g/mol. The maximum atomic E-state index is 12.8. The molecule has 0 N–H and O–H groups in total. The van der Waals surface area contributed by atoms with Gasteiger partial charge in [0.05, 0.1) is 0 Å². The zero-order chi connectivity index (χ0) is 19.4. The van der Waals surface area contributed by atoms with E-state index in [1.54, 1.807) is 0 Å². The van der Waals surface area contributed by atoms with E-state index in [1.807, 2.05) is 62.9 Å². The Morgan fingerprint density at radius 3 is 2.44 bits per heavy atom. The molecule has 3 rings (SSSR count). The summed E-state index contributed by atoms with van der Waals surface area (Å²) in [6.07, 6.45) is 0.760. The van der Waals surface area contributed by atoms with Crippen molar-refractivity contribution in [3.8, 4) is 11.4 Å². The number of hydrogen-bond acceptors (Lipinski definition) is 4. The molecule has 0 fully saturated rings. The number of nitrogens with zero attached hydrogens (tertiary/aromatic N) is 3. The number of anilines is 1. The number of benzene rings is 2. The van der Waals surface area contributed by atoms with Gasteiger partial charge in [0.25, 0.3) is 0 Å². The molecule has 0 aliphatic rings. The van der Waals surface area contributed by atoms with Crippen molar-refractivity contribution in [2.45, 2.75) is 40.5 Å². The van der Waals surface area contributed by atoms with Crippen molar-refractivity contribution >= 4 is 11.6 Å². The summed E-state index contributed by atoms with van der Waals surface area (Å²) in [7, 11) is 0. The second kappa shape index (κ2) is 8.16. The van der Waals surface area contributed by atoms with Gasteiger partial charge in [-0.05, 0) is 44.9 Å². The maximum absolute atomic E-state index is 12.8. The third-order valence-electron chi connectivity index (χ3n) is 4.60. The second-order valence-corrected chi connectivity index (χ2v) is 6.81. The van der Waals surface area contributed by atoms with Crippen LogP contribution in [0.4, 0.5) is 5.69 Å². The highest BCUT2D eigenvalue weighted by atomic mass is 16.5. The number of carbonyl (C=O) groups excluding carboxylic acids is 1. The van der Waals surface area contributed by atoms with Gasteiger partial charge in [-0.1, -0.05) is 47.1 Å². The Morgan fingerprint density at radius 2 is 1.74 bits per heavy atom. The number of aromatic nitrogens is 2. The summed E-state index contributed by atoms with van der Waals surface area (Å²) in [5.41, 5.74) is 5.29. The van der Waals surface area contributed by atoms with Crippen LogP contribution < -0.4 is 4.90 Å². The fraction of sp³-hybridized carbons (Fsp3) is 0.318. The third-order valence-corrected chi connectivity index (χ3v) is 4.60. The van der Waals surface area contributed by atoms with E-state index in [2.05, 4.69) is 22.3 Å². The summed E-state index contributed by atoms with van der Waals surface area (Å²) in [5, 5.41) is 4.03. The van der Waals surface area contributed by atoms with Crippen LogP contribution in [0, 0.1) is 20.8 Å². The molecule has 2 aromatic carbocycles. The molecule has 0 aliphatic heterocycles. The molecule has 3 aromatic rings. The fourth-order valence-corrected chi connectivity index (χ4v) is 3.02. The summed E-state index contributed by atoms with van der Waals surface area (Å²) in [6, 6.07) is 14.1. The van der Waals surface area contributed by atoms with Gasteiger partial charge in [-0.2, -0.15) is 4.98 Å². The Morgan fingerprint density at radius 1 is 1.04 bits per heavy atom. The van der Waals surface area contributed by atoms with Crippen molar-refractivity contribution < 1.29 is 9.32 Å². The molecule has 1 heterocycles. The quantitative estimate of drug-likeness (QED) is 0.640. The molecule has 140 valence electrons. The van der Waals surface area contributed by atoms with Gasteiger partial charge in [-0.15, -0.1) is 0 Å². The van der Waals surface area contributed by atoms with Crippen molar-refractivity contribution in [2.75, 3.05) is 11.4 Å². The predicted molar refractivity (Wildman–Crippen MR) is 107 cm³/mol. The Balaban J connectivity index is 1.68. The van der Waals surface area contributed by atoms with Crippen LogP contribution in [0.2, 0.25) is 0 Å². The lowest BCUT2D eigenvalue weighted by molar-refractivity contribution is -0.118. The first-order chi connectivity index (χ1) is 13.0. The van der Waals surface area contributed by atoms with Gasteiger partial charge in [-0.25, -0.2) is 0 Å². The van der Waals surface area contributed by atoms with E-state index in [4.69, 9.17) is 4.52 Å². The molecule has 0 radical (unpaired) electrons. The number of amides is 1. The fourth-order valence-electron chi connectivity index (χ4n) is 3.02. The minimum Gasteiger partial charge on any atom is -0.339 e. The van der Waals surface area contributed by atoms with E-state index < -0.39 is 0 Å². The molecule has 0 spiro atoms. The first-order valence-electron chi connectivity index (χ1n) is 9.25. The maximum Gasteiger partial charge on any atom is 0.227 e. The molecular weight excluding hydrogens is 338 g/mol. The second-order valence-electron chi connectivity index (χ2n) is 6.81. The molecular formula is C22H25N3O2. The normalized spacial score (nSPS) is 10.8. The van der Waals surface area contributed by atoms with E-state index in [0.717, 1.165) is 22.4 Å². The smallest absolute Gasteiger partial charge is 0.227 e. The van der Waals surface area contributed by atoms with E-state index >= 15 is 0 Å². The van der Waals surface area contributed by atoms with Crippen LogP contribution in [-0.2, 0) is 11.2 Å². The topological polar surface area (TPSA) is 59.2 Å². The van der Waals surface area contributed by atoms with Gasteiger partial charge in [0, 0.05) is 30.6 Å². The van der Waals surface area contributed by atoms with Crippen molar-refractivity contribution in [3.63, 3.8) is 0 Å². The molecule has 0 aliphatic carbocycles. The van der Waals surface area contributed by atoms with Crippen molar-refractivity contribution in [2.24, 2.45) is 0 Å². The van der Waals surface area contributed by atoms with Crippen molar-refractivity contribution in [1.82, 2.24) is 10.1 Å². The zero-order valence-electron chi connectivity index (χ0n) is 16.3. The van der Waals surface area contributed by atoms with Gasteiger partial charge in [0.2, 0.25) is 17.6 Å². The molecule has 5 heteroatoms. The summed E-state index contributed by atoms with van der Waals surface area (Å²) < 4.78 is 5.33. The summed E-state index contributed by atoms with van der Waals surface area (Å²) in [5.74, 6) is 1.09. The molecule has 1 amide bonds. The van der Waals surface area contributed by atoms with Crippen LogP contribution in [0.15, 0.2) is 47.0 Å². The standard InChI is InChI=1S/C22H25N3O2/c1-5-25(19-14-16(3)6-9-17(19)4)21(26)13-12-20-23-22(24-27-20)18-10-7-15(2)8-11-18/h6-11,14H,5,12-13H2,1-4H3. The highest BCUT2D eigenvalue weighted by Crippen LogP contribution is 2.23. The van der Waals surface area contributed by atoms with Crippen LogP contribution in [0.5, 0.6) is 0 Å². The van der Waals surface area contributed by atoms with Crippen LogP contribution in [0.25, 0.3) is 11.4 Å². The SMILES string of the molecule is CCN(C(=O)CCc1nc(-c2ccc(C)cc2)no1)c1cc(C)ccc1C. The Hall–Kier alpha value is -2.95. The number of aryl methyl sites for hydroxylation is 4. The molecule has 5 nitrogen and oxygen atoms in total. The van der Waals surface area contributed by atoms with E-state index in [1.165, 1.54) is 5.56 Å². The van der Waals surface area contributed by atoms with Crippen LogP contribution in [0.3, 0.4) is 0 Å². The summed E-state index contributed by atoms with van der Waals surface area (Å²) in [4.78, 5) is 19.0. The summed E-state index contributed by atoms with van der Waals surface area (Å²) >= 11 is 0. The molecule has 0 unspecified atom stereocenters. The van der Waals surface area contributed by atoms with Crippen LogP contribution >= 0.6 is 0 Å². The van der Waals surface area contributed by atoms with Gasteiger partial charge < -0.3 is 9.42 Å². The summed E-state index contributed by atoms with van der Waals surface area (Å²) in [6.45, 7) is 8.71. The minimum absolute atomic E-state index is 0.0567. The first-order valence-corrected chi connectivity index (χ1v) is 9.25. The van der Waals surface area contributed by atoms with E-state index in [0.29, 0.717) is 31.1 Å². The largest absolute Gasteiger partial charge is 0.339 e. The number of rotatable bonds is 6. The highest BCUT2D eigenvalue weighted by Gasteiger charge is 2.18. The number of carbonyl (C=O) groups is 1. The van der Waals surface area contributed by atoms with Gasteiger partial charge in [0.15, 0.2) is 0 Å². The van der Waals surface area contributed by atoms with E-state index in [9.17, 15) is 4.79 Å². The van der Waals surface area contributed by atoms with Gasteiger partial charge >= 0.3 is 0 Å². The van der Waals surface area contributed by atoms with Gasteiger partial charge in [0.1, 0.15) is 0 Å². The van der Waals surface area contributed by atoms with Crippen molar-refractivity contribution in [1.29, 1.82) is 0 Å². The number of hydrogen-bond donors (Lipinski definition) is 0. The molecule has 27 heavy (non-hydrogen) atoms. The van der Waals surface area contributed by atoms with E-state index in [-0.39, 0.29) is 5.91 Å².